The van der Waals surface area contributed by atoms with Gasteiger partial charge in [0.15, 0.2) is 0 Å². The molecule has 1 aliphatic rings. The molecule has 1 aliphatic heterocycles. The molecule has 1 N–H and O–H groups in total. The van der Waals surface area contributed by atoms with Gasteiger partial charge in [-0.25, -0.2) is 4.79 Å². The predicted octanol–water partition coefficient (Wildman–Crippen LogP) is 4.67. The predicted molar refractivity (Wildman–Crippen MR) is 113 cm³/mol. The number of halogens is 3. The summed E-state index contributed by atoms with van der Waals surface area (Å²) in [6.45, 7) is 3.64. The van der Waals surface area contributed by atoms with Crippen molar-refractivity contribution in [3.63, 3.8) is 0 Å². The number of aromatic nitrogens is 2. The molecular weight excluding hydrogens is 423 g/mol. The molecule has 2 heterocycles. The van der Waals surface area contributed by atoms with Crippen molar-refractivity contribution in [1.82, 2.24) is 15.0 Å². The zero-order valence-electron chi connectivity index (χ0n) is 17.4. The first-order valence-corrected chi connectivity index (χ1v) is 10.2. The zero-order chi connectivity index (χ0) is 22.7. The van der Waals surface area contributed by atoms with E-state index in [0.717, 1.165) is 17.7 Å². The maximum absolute atomic E-state index is 13.0. The lowest BCUT2D eigenvalue weighted by molar-refractivity contribution is -0.137. The fraction of sp³-hybridized carbons (Fsp3) is 0.318. The van der Waals surface area contributed by atoms with Crippen LogP contribution in [0.2, 0.25) is 0 Å². The van der Waals surface area contributed by atoms with E-state index in [4.69, 9.17) is 4.52 Å². The van der Waals surface area contributed by atoms with Crippen molar-refractivity contribution in [2.45, 2.75) is 19.5 Å². The largest absolute Gasteiger partial charge is 0.416 e. The number of urea groups is 1. The van der Waals surface area contributed by atoms with E-state index in [1.807, 2.05) is 11.8 Å². The highest BCUT2D eigenvalue weighted by Crippen LogP contribution is 2.32. The van der Waals surface area contributed by atoms with Gasteiger partial charge in [0.05, 0.1) is 5.56 Å². The van der Waals surface area contributed by atoms with Crippen molar-refractivity contribution in [1.29, 1.82) is 0 Å². The Morgan fingerprint density at radius 1 is 1.09 bits per heavy atom. The van der Waals surface area contributed by atoms with Crippen molar-refractivity contribution in [2.75, 3.05) is 36.4 Å². The second-order valence-electron chi connectivity index (χ2n) is 7.39. The number of carbonyl (C=O) groups excluding carboxylic acids is 1. The fourth-order valence-corrected chi connectivity index (χ4v) is 3.47. The number of benzene rings is 2. The van der Waals surface area contributed by atoms with E-state index < -0.39 is 11.7 Å². The molecule has 1 aromatic heterocycles. The molecule has 0 unspecified atom stereocenters. The second-order valence-corrected chi connectivity index (χ2v) is 7.39. The number of alkyl halides is 3. The molecule has 2 amide bonds. The van der Waals surface area contributed by atoms with Gasteiger partial charge in [-0.15, -0.1) is 0 Å². The smallest absolute Gasteiger partial charge is 0.368 e. The van der Waals surface area contributed by atoms with Gasteiger partial charge in [0.25, 0.3) is 0 Å². The molecule has 168 valence electrons. The van der Waals surface area contributed by atoms with Crippen LogP contribution >= 0.6 is 0 Å². The van der Waals surface area contributed by atoms with E-state index in [-0.39, 0.29) is 6.03 Å². The Balaban J connectivity index is 1.33. The highest BCUT2D eigenvalue weighted by Gasteiger charge is 2.31. The summed E-state index contributed by atoms with van der Waals surface area (Å²) in [6, 6.07) is 12.1. The molecule has 0 atom stereocenters. The number of nitrogens with zero attached hydrogens (tertiary/aromatic N) is 4. The third-order valence-corrected chi connectivity index (χ3v) is 5.27. The van der Waals surface area contributed by atoms with Gasteiger partial charge in [-0.3, -0.25) is 0 Å². The summed E-state index contributed by atoms with van der Waals surface area (Å²) in [7, 11) is 0. The second kappa shape index (κ2) is 8.89. The van der Waals surface area contributed by atoms with Crippen LogP contribution in [0.25, 0.3) is 11.4 Å². The number of hydrogen-bond acceptors (Lipinski definition) is 5. The monoisotopic (exact) mass is 445 g/mol. The Morgan fingerprint density at radius 2 is 1.81 bits per heavy atom. The molecule has 0 bridgehead atoms. The maximum Gasteiger partial charge on any atom is 0.416 e. The Kier molecular flexibility index (Phi) is 6.02. The van der Waals surface area contributed by atoms with Gasteiger partial charge in [-0.2, -0.15) is 18.2 Å². The minimum Gasteiger partial charge on any atom is -0.368 e. The van der Waals surface area contributed by atoms with Gasteiger partial charge in [0.2, 0.25) is 11.7 Å². The molecule has 0 spiro atoms. The summed E-state index contributed by atoms with van der Waals surface area (Å²) >= 11 is 0. The number of anilines is 2. The summed E-state index contributed by atoms with van der Waals surface area (Å²) in [6.07, 6.45) is -3.72. The summed E-state index contributed by atoms with van der Waals surface area (Å²) in [5.41, 5.74) is 1.23. The van der Waals surface area contributed by atoms with E-state index in [0.29, 0.717) is 55.7 Å². The minimum absolute atomic E-state index is 0.255. The quantitative estimate of drug-likeness (QED) is 0.632. The first-order valence-electron chi connectivity index (χ1n) is 10.2. The van der Waals surface area contributed by atoms with Crippen molar-refractivity contribution in [2.24, 2.45) is 0 Å². The number of aryl methyl sites for hydroxylation is 1. The van der Waals surface area contributed by atoms with Crippen molar-refractivity contribution in [3.05, 3.63) is 60.0 Å². The van der Waals surface area contributed by atoms with Crippen LogP contribution in [-0.4, -0.2) is 47.3 Å². The third-order valence-electron chi connectivity index (χ3n) is 5.27. The van der Waals surface area contributed by atoms with E-state index in [9.17, 15) is 18.0 Å². The van der Waals surface area contributed by atoms with Crippen LogP contribution in [0.3, 0.4) is 0 Å². The number of piperazine rings is 1. The van der Waals surface area contributed by atoms with E-state index in [1.165, 1.54) is 6.07 Å². The number of nitrogens with one attached hydrogen (secondary N) is 1. The summed E-state index contributed by atoms with van der Waals surface area (Å²) in [5.74, 6) is 1.05. The van der Waals surface area contributed by atoms with Crippen molar-refractivity contribution in [3.8, 4) is 11.4 Å². The van der Waals surface area contributed by atoms with Gasteiger partial charge < -0.3 is 19.6 Å². The lowest BCUT2D eigenvalue weighted by Gasteiger charge is -2.36. The highest BCUT2D eigenvalue weighted by atomic mass is 19.4. The summed E-state index contributed by atoms with van der Waals surface area (Å²) in [4.78, 5) is 20.4. The third kappa shape index (κ3) is 4.84. The molecule has 10 heteroatoms. The Morgan fingerprint density at radius 3 is 2.44 bits per heavy atom. The van der Waals surface area contributed by atoms with Gasteiger partial charge in [-0.05, 0) is 42.5 Å². The Hall–Kier alpha value is -3.56. The number of rotatable bonds is 4. The van der Waals surface area contributed by atoms with Crippen LogP contribution in [0.5, 0.6) is 0 Å². The van der Waals surface area contributed by atoms with E-state index in [1.54, 1.807) is 35.2 Å². The maximum atomic E-state index is 13.0. The molecule has 3 aromatic rings. The molecule has 4 rings (SSSR count). The first-order chi connectivity index (χ1) is 15.3. The van der Waals surface area contributed by atoms with Gasteiger partial charge >= 0.3 is 12.2 Å². The highest BCUT2D eigenvalue weighted by molar-refractivity contribution is 5.89. The molecule has 0 aliphatic carbocycles. The number of carbonyl (C=O) groups is 1. The summed E-state index contributed by atoms with van der Waals surface area (Å²) in [5, 5.41) is 6.77. The van der Waals surface area contributed by atoms with E-state index >= 15 is 0 Å². The number of hydrogen-bond donors (Lipinski definition) is 1. The zero-order valence-corrected chi connectivity index (χ0v) is 17.4. The normalized spacial score (nSPS) is 14.5. The molecular formula is C22H22F3N5O2. The minimum atomic E-state index is -4.38. The van der Waals surface area contributed by atoms with Gasteiger partial charge in [0.1, 0.15) is 0 Å². The van der Waals surface area contributed by atoms with E-state index in [2.05, 4.69) is 15.5 Å². The molecule has 0 radical (unpaired) electrons. The average molecular weight is 445 g/mol. The number of amides is 2. The van der Waals surface area contributed by atoms with Crippen LogP contribution in [0, 0.1) is 0 Å². The lowest BCUT2D eigenvalue weighted by atomic mass is 10.1. The van der Waals surface area contributed by atoms with Crippen LogP contribution < -0.4 is 10.2 Å². The molecule has 2 aromatic carbocycles. The standard InChI is InChI=1S/C22H22F3N5O2/c1-2-19-27-20(28-32-19)15-6-8-17(9-7-15)26-21(31)30-12-10-29(11-13-30)18-5-3-4-16(14-18)22(23,24)25/h3-9,14H,2,10-13H2,1H3,(H,26,31). The lowest BCUT2D eigenvalue weighted by Crippen LogP contribution is -2.50. The van der Waals surface area contributed by atoms with Gasteiger partial charge in [0, 0.05) is 49.5 Å². The van der Waals surface area contributed by atoms with Crippen LogP contribution in [0.1, 0.15) is 18.4 Å². The van der Waals surface area contributed by atoms with Gasteiger partial charge in [-0.1, -0.05) is 18.1 Å². The van der Waals surface area contributed by atoms with Crippen molar-refractivity contribution < 1.29 is 22.5 Å². The molecule has 32 heavy (non-hydrogen) atoms. The summed E-state index contributed by atoms with van der Waals surface area (Å²) < 4.78 is 44.0. The Bertz CT molecular complexity index is 1070. The Labute approximate surface area is 182 Å². The molecule has 0 saturated carbocycles. The molecule has 7 nitrogen and oxygen atoms in total. The van der Waals surface area contributed by atoms with Crippen LogP contribution in [0.4, 0.5) is 29.3 Å². The molecule has 1 fully saturated rings. The topological polar surface area (TPSA) is 74.5 Å². The average Bonchev–Trinajstić information content (AvgIpc) is 3.29. The van der Waals surface area contributed by atoms with Crippen LogP contribution in [-0.2, 0) is 12.6 Å². The van der Waals surface area contributed by atoms with Crippen LogP contribution in [0.15, 0.2) is 53.1 Å². The first kappa shape index (κ1) is 21.7. The van der Waals surface area contributed by atoms with Crippen molar-refractivity contribution >= 4 is 17.4 Å². The SMILES string of the molecule is CCc1nc(-c2ccc(NC(=O)N3CCN(c4cccc(C(F)(F)F)c4)CC3)cc2)no1. The molecule has 1 saturated heterocycles. The fourth-order valence-electron chi connectivity index (χ4n) is 3.47.